The first-order valence-corrected chi connectivity index (χ1v) is 5.52. The van der Waals surface area contributed by atoms with Gasteiger partial charge in [-0.25, -0.2) is 14.8 Å². The van der Waals surface area contributed by atoms with Crippen molar-refractivity contribution in [2.75, 3.05) is 18.9 Å². The Kier molecular flexibility index (Phi) is 4.97. The van der Waals surface area contributed by atoms with Crippen LogP contribution in [0.3, 0.4) is 0 Å². The molecule has 0 aliphatic carbocycles. The van der Waals surface area contributed by atoms with E-state index in [0.717, 1.165) is 0 Å². The number of anilines is 1. The summed E-state index contributed by atoms with van der Waals surface area (Å²) in [7, 11) is 1.51. The molecule has 0 aromatic carbocycles. The van der Waals surface area contributed by atoms with Crippen molar-refractivity contribution >= 4 is 28.0 Å². The van der Waals surface area contributed by atoms with Crippen molar-refractivity contribution in [2.24, 2.45) is 0 Å². The molecule has 2 N–H and O–H groups in total. The van der Waals surface area contributed by atoms with Crippen LogP contribution in [-0.2, 0) is 4.74 Å². The van der Waals surface area contributed by atoms with Gasteiger partial charge in [0.05, 0.1) is 6.54 Å². The maximum absolute atomic E-state index is 10.9. The van der Waals surface area contributed by atoms with E-state index >= 15 is 0 Å². The van der Waals surface area contributed by atoms with Gasteiger partial charge in [0.25, 0.3) is 0 Å². The normalized spacial score (nSPS) is 11.7. The van der Waals surface area contributed by atoms with E-state index in [9.17, 15) is 4.79 Å². The molecule has 1 aromatic rings. The molecule has 16 heavy (non-hydrogen) atoms. The van der Waals surface area contributed by atoms with Crippen molar-refractivity contribution in [3.63, 3.8) is 0 Å². The highest BCUT2D eigenvalue weighted by Crippen LogP contribution is 2.06. The summed E-state index contributed by atoms with van der Waals surface area (Å²) in [4.78, 5) is 19.0. The van der Waals surface area contributed by atoms with Gasteiger partial charge in [-0.3, -0.25) is 0 Å². The highest BCUT2D eigenvalue weighted by molar-refractivity contribution is 9.10. The number of hydrogen-bond acceptors (Lipinski definition) is 5. The minimum absolute atomic E-state index is 0.262. The molecule has 7 heteroatoms. The zero-order valence-electron chi connectivity index (χ0n) is 9.03. The average Bonchev–Trinajstić information content (AvgIpc) is 2.26. The molecular formula is C9H13BrN4O2. The van der Waals surface area contributed by atoms with Crippen molar-refractivity contribution in [3.8, 4) is 0 Å². The first-order valence-electron chi connectivity index (χ1n) is 4.72. The third-order valence-electron chi connectivity index (χ3n) is 1.68. The van der Waals surface area contributed by atoms with E-state index in [1.165, 1.54) is 7.05 Å². The molecule has 0 saturated heterocycles. The van der Waals surface area contributed by atoms with E-state index in [1.807, 2.05) is 0 Å². The van der Waals surface area contributed by atoms with E-state index in [2.05, 4.69) is 36.5 Å². The standard InChI is InChI=1S/C9H13BrN4O2/c1-6(16-9(15)11-2)5-13-8-12-4-3-7(10)14-8/h3-4,6H,5H2,1-2H3,(H,11,15)(H,12,13,14)/t6-/m0/s1. The number of carbonyl (C=O) groups is 1. The highest BCUT2D eigenvalue weighted by Gasteiger charge is 2.07. The molecule has 1 rings (SSSR count). The molecule has 0 aliphatic heterocycles. The molecule has 0 fully saturated rings. The summed E-state index contributed by atoms with van der Waals surface area (Å²) >= 11 is 3.23. The number of ether oxygens (including phenoxy) is 1. The number of nitrogens with one attached hydrogen (secondary N) is 2. The lowest BCUT2D eigenvalue weighted by atomic mass is 10.4. The first-order chi connectivity index (χ1) is 7.61. The summed E-state index contributed by atoms with van der Waals surface area (Å²) in [6.45, 7) is 2.23. The zero-order valence-corrected chi connectivity index (χ0v) is 10.6. The monoisotopic (exact) mass is 288 g/mol. The minimum atomic E-state index is -0.454. The molecule has 0 spiro atoms. The van der Waals surface area contributed by atoms with Crippen LogP contribution in [0.15, 0.2) is 16.9 Å². The maximum Gasteiger partial charge on any atom is 0.407 e. The van der Waals surface area contributed by atoms with Crippen LogP contribution < -0.4 is 10.6 Å². The third kappa shape index (κ3) is 4.43. The van der Waals surface area contributed by atoms with Crippen molar-refractivity contribution < 1.29 is 9.53 Å². The van der Waals surface area contributed by atoms with Gasteiger partial charge in [0.1, 0.15) is 10.7 Å². The van der Waals surface area contributed by atoms with Gasteiger partial charge in [-0.2, -0.15) is 0 Å². The maximum atomic E-state index is 10.9. The second kappa shape index (κ2) is 6.26. The van der Waals surface area contributed by atoms with Crippen LogP contribution in [0.2, 0.25) is 0 Å². The van der Waals surface area contributed by atoms with Crippen molar-refractivity contribution in [1.82, 2.24) is 15.3 Å². The van der Waals surface area contributed by atoms with Gasteiger partial charge >= 0.3 is 6.09 Å². The van der Waals surface area contributed by atoms with Gasteiger partial charge in [-0.15, -0.1) is 0 Å². The molecule has 1 amide bonds. The summed E-state index contributed by atoms with van der Waals surface area (Å²) in [5.41, 5.74) is 0. The second-order valence-electron chi connectivity index (χ2n) is 3.05. The van der Waals surface area contributed by atoms with Crippen LogP contribution in [0.1, 0.15) is 6.92 Å². The summed E-state index contributed by atoms with van der Waals surface area (Å²) in [5, 5.41) is 5.33. The van der Waals surface area contributed by atoms with Crippen LogP contribution in [0, 0.1) is 0 Å². The SMILES string of the molecule is CNC(=O)O[C@@H](C)CNc1nccc(Br)n1. The van der Waals surface area contributed by atoms with Gasteiger partial charge in [0.15, 0.2) is 0 Å². The number of hydrogen-bond donors (Lipinski definition) is 2. The molecule has 6 nitrogen and oxygen atoms in total. The van der Waals surface area contributed by atoms with E-state index in [-0.39, 0.29) is 6.10 Å². The van der Waals surface area contributed by atoms with Crippen LogP contribution in [0.4, 0.5) is 10.7 Å². The number of nitrogens with zero attached hydrogens (tertiary/aromatic N) is 2. The Bertz CT molecular complexity index is 361. The molecule has 0 radical (unpaired) electrons. The Balaban J connectivity index is 2.37. The fourth-order valence-corrected chi connectivity index (χ4v) is 1.23. The Hall–Kier alpha value is -1.37. The minimum Gasteiger partial charge on any atom is -0.445 e. The fourth-order valence-electron chi connectivity index (χ4n) is 0.940. The number of aromatic nitrogens is 2. The summed E-state index contributed by atoms with van der Waals surface area (Å²) < 4.78 is 5.67. The zero-order chi connectivity index (χ0) is 12.0. The predicted molar refractivity (Wildman–Crippen MR) is 63.2 cm³/mol. The van der Waals surface area contributed by atoms with E-state index < -0.39 is 6.09 Å². The number of alkyl carbamates (subject to hydrolysis) is 1. The average molecular weight is 289 g/mol. The molecule has 0 bridgehead atoms. The highest BCUT2D eigenvalue weighted by atomic mass is 79.9. The van der Waals surface area contributed by atoms with Gasteiger partial charge in [-0.05, 0) is 28.9 Å². The van der Waals surface area contributed by atoms with E-state index in [1.54, 1.807) is 19.2 Å². The van der Waals surface area contributed by atoms with Gasteiger partial charge < -0.3 is 15.4 Å². The van der Waals surface area contributed by atoms with Crippen molar-refractivity contribution in [3.05, 3.63) is 16.9 Å². The molecule has 1 aromatic heterocycles. The lowest BCUT2D eigenvalue weighted by Crippen LogP contribution is -2.29. The van der Waals surface area contributed by atoms with Crippen molar-refractivity contribution in [1.29, 1.82) is 0 Å². The number of carbonyl (C=O) groups excluding carboxylic acids is 1. The smallest absolute Gasteiger partial charge is 0.407 e. The molecule has 0 aliphatic rings. The first kappa shape index (κ1) is 12.7. The van der Waals surface area contributed by atoms with Crippen LogP contribution in [-0.4, -0.2) is 35.8 Å². The lowest BCUT2D eigenvalue weighted by molar-refractivity contribution is 0.114. The van der Waals surface area contributed by atoms with Crippen LogP contribution in [0.25, 0.3) is 0 Å². The van der Waals surface area contributed by atoms with Crippen LogP contribution >= 0.6 is 15.9 Å². The molecule has 1 atom stereocenters. The van der Waals surface area contributed by atoms with E-state index in [0.29, 0.717) is 17.1 Å². The van der Waals surface area contributed by atoms with Crippen LogP contribution in [0.5, 0.6) is 0 Å². The number of rotatable bonds is 4. The second-order valence-corrected chi connectivity index (χ2v) is 3.86. The fraction of sp³-hybridized carbons (Fsp3) is 0.444. The predicted octanol–water partition coefficient (Wildman–Crippen LogP) is 1.40. The molecule has 0 unspecified atom stereocenters. The van der Waals surface area contributed by atoms with Gasteiger partial charge in [0.2, 0.25) is 5.95 Å². The molecule has 88 valence electrons. The van der Waals surface area contributed by atoms with E-state index in [4.69, 9.17) is 4.74 Å². The molecular weight excluding hydrogens is 276 g/mol. The quantitative estimate of drug-likeness (QED) is 0.819. The Morgan fingerprint density at radius 1 is 1.69 bits per heavy atom. The largest absolute Gasteiger partial charge is 0.445 e. The summed E-state index contributed by atoms with van der Waals surface area (Å²) in [6, 6.07) is 1.73. The molecule has 0 saturated carbocycles. The summed E-state index contributed by atoms with van der Waals surface area (Å²) in [6.07, 6.45) is 0.913. The van der Waals surface area contributed by atoms with Gasteiger partial charge in [0, 0.05) is 13.2 Å². The Morgan fingerprint density at radius 3 is 3.06 bits per heavy atom. The van der Waals surface area contributed by atoms with Crippen molar-refractivity contribution in [2.45, 2.75) is 13.0 Å². The third-order valence-corrected chi connectivity index (χ3v) is 2.12. The Morgan fingerprint density at radius 2 is 2.44 bits per heavy atom. The molecule has 1 heterocycles. The van der Waals surface area contributed by atoms with Gasteiger partial charge in [-0.1, -0.05) is 0 Å². The lowest BCUT2D eigenvalue weighted by Gasteiger charge is -2.13. The summed E-state index contributed by atoms with van der Waals surface area (Å²) in [5.74, 6) is 0.488. The number of amides is 1. The topological polar surface area (TPSA) is 76.1 Å². The number of halogens is 1. The Labute approximate surface area is 102 Å².